The number of benzene rings is 1. The van der Waals surface area contributed by atoms with Crippen molar-refractivity contribution in [1.29, 1.82) is 0 Å². The number of morpholine rings is 1. The summed E-state index contributed by atoms with van der Waals surface area (Å²) in [5, 5.41) is 3.42. The van der Waals surface area contributed by atoms with Crippen molar-refractivity contribution in [2.24, 2.45) is 0 Å². The third-order valence-electron chi connectivity index (χ3n) is 3.08. The van der Waals surface area contributed by atoms with Gasteiger partial charge in [0.15, 0.2) is 0 Å². The Morgan fingerprint density at radius 3 is 3.16 bits per heavy atom. The first kappa shape index (κ1) is 14.0. The molecule has 1 aliphatic heterocycles. The Bertz CT molecular complexity index is 467. The van der Waals surface area contributed by atoms with Crippen molar-refractivity contribution in [3.63, 3.8) is 0 Å². The molecule has 2 rings (SSSR count). The van der Waals surface area contributed by atoms with E-state index in [9.17, 15) is 4.79 Å². The average Bonchev–Trinajstić information content (AvgIpc) is 2.42. The molecule has 1 unspecified atom stereocenters. The zero-order chi connectivity index (χ0) is 13.8. The van der Waals surface area contributed by atoms with Gasteiger partial charge in [-0.3, -0.25) is 4.79 Å². The number of anilines is 2. The van der Waals surface area contributed by atoms with Gasteiger partial charge in [0.25, 0.3) is 0 Å². The van der Waals surface area contributed by atoms with Gasteiger partial charge in [0, 0.05) is 18.1 Å². The lowest BCUT2D eigenvalue weighted by molar-refractivity contribution is -0.124. The highest BCUT2D eigenvalue weighted by Crippen LogP contribution is 2.29. The Kier molecular flexibility index (Phi) is 4.50. The van der Waals surface area contributed by atoms with Gasteiger partial charge in [-0.25, -0.2) is 0 Å². The minimum absolute atomic E-state index is 0.0541. The van der Waals surface area contributed by atoms with Crippen molar-refractivity contribution < 1.29 is 9.53 Å². The predicted octanol–water partition coefficient (Wildman–Crippen LogP) is 1.26. The van der Waals surface area contributed by atoms with E-state index < -0.39 is 0 Å². The van der Waals surface area contributed by atoms with E-state index in [1.54, 1.807) is 18.2 Å². The minimum atomic E-state index is -0.366. The molecule has 3 N–H and O–H groups in total. The number of nitrogens with zero attached hydrogens (tertiary/aromatic N) is 1. The summed E-state index contributed by atoms with van der Waals surface area (Å²) >= 11 is 6.01. The van der Waals surface area contributed by atoms with Gasteiger partial charge < -0.3 is 20.7 Å². The van der Waals surface area contributed by atoms with Gasteiger partial charge in [0.2, 0.25) is 5.91 Å². The molecular formula is C13H18ClN3O2. The van der Waals surface area contributed by atoms with Crippen molar-refractivity contribution in [2.75, 3.05) is 36.9 Å². The van der Waals surface area contributed by atoms with Gasteiger partial charge in [0.1, 0.15) is 6.04 Å². The molecule has 1 aliphatic rings. The molecule has 0 aromatic heterocycles. The van der Waals surface area contributed by atoms with Crippen LogP contribution in [0.5, 0.6) is 0 Å². The fourth-order valence-corrected chi connectivity index (χ4v) is 2.33. The molecule has 0 bridgehead atoms. The van der Waals surface area contributed by atoms with Gasteiger partial charge in [0.05, 0.1) is 24.6 Å². The highest BCUT2D eigenvalue weighted by atomic mass is 35.5. The quantitative estimate of drug-likeness (QED) is 0.820. The maximum atomic E-state index is 12.1. The third-order valence-corrected chi connectivity index (χ3v) is 3.32. The minimum Gasteiger partial charge on any atom is -0.397 e. The number of halogens is 1. The summed E-state index contributed by atoms with van der Waals surface area (Å²) < 4.78 is 5.40. The van der Waals surface area contributed by atoms with Crippen LogP contribution in [-0.4, -0.2) is 38.3 Å². The van der Waals surface area contributed by atoms with E-state index in [0.29, 0.717) is 37.0 Å². The Labute approximate surface area is 117 Å². The third kappa shape index (κ3) is 3.11. The zero-order valence-electron chi connectivity index (χ0n) is 10.9. The number of amides is 1. The first-order chi connectivity index (χ1) is 9.13. The number of likely N-dealkylation sites (N-methyl/N-ethyl adjacent to an activating group) is 1. The molecule has 6 heteroatoms. The fourth-order valence-electron chi connectivity index (χ4n) is 2.17. The molecule has 1 aromatic rings. The number of rotatable bonds is 3. The Balaban J connectivity index is 2.28. The highest BCUT2D eigenvalue weighted by molar-refractivity contribution is 6.31. The molecule has 5 nitrogen and oxygen atoms in total. The summed E-state index contributed by atoms with van der Waals surface area (Å²) in [6, 6.07) is 4.91. The van der Waals surface area contributed by atoms with Crippen LogP contribution in [0.1, 0.15) is 6.92 Å². The van der Waals surface area contributed by atoms with Gasteiger partial charge in [-0.05, 0) is 25.1 Å². The van der Waals surface area contributed by atoms with Crippen molar-refractivity contribution in [1.82, 2.24) is 5.32 Å². The number of nitrogen functional groups attached to an aromatic ring is 1. The van der Waals surface area contributed by atoms with Crippen LogP contribution in [0.3, 0.4) is 0 Å². The van der Waals surface area contributed by atoms with Crippen LogP contribution >= 0.6 is 11.6 Å². The van der Waals surface area contributed by atoms with E-state index in [-0.39, 0.29) is 11.9 Å². The van der Waals surface area contributed by atoms with Crippen molar-refractivity contribution >= 4 is 28.9 Å². The van der Waals surface area contributed by atoms with Crippen molar-refractivity contribution in [2.45, 2.75) is 13.0 Å². The van der Waals surface area contributed by atoms with Crippen molar-refractivity contribution in [3.05, 3.63) is 23.2 Å². The Hall–Kier alpha value is -1.46. The van der Waals surface area contributed by atoms with E-state index in [0.717, 1.165) is 5.69 Å². The molecule has 19 heavy (non-hydrogen) atoms. The standard InChI is InChI=1S/C13H18ClN3O2/c1-2-16-13(18)12-8-19-6-5-17(12)11-7-9(14)3-4-10(11)15/h3-4,7,12H,2,5-6,8,15H2,1H3,(H,16,18). The second-order valence-corrected chi connectivity index (χ2v) is 4.82. The molecule has 0 radical (unpaired) electrons. The maximum Gasteiger partial charge on any atom is 0.245 e. The first-order valence-electron chi connectivity index (χ1n) is 6.30. The van der Waals surface area contributed by atoms with Crippen LogP contribution in [0, 0.1) is 0 Å². The number of carbonyl (C=O) groups excluding carboxylic acids is 1. The summed E-state index contributed by atoms with van der Waals surface area (Å²) in [5.41, 5.74) is 7.38. The number of hydrogen-bond acceptors (Lipinski definition) is 4. The fraction of sp³-hybridized carbons (Fsp3) is 0.462. The molecule has 1 amide bonds. The van der Waals surface area contributed by atoms with Gasteiger partial charge in [-0.15, -0.1) is 0 Å². The van der Waals surface area contributed by atoms with Crippen LogP contribution in [0.15, 0.2) is 18.2 Å². The van der Waals surface area contributed by atoms with Gasteiger partial charge >= 0.3 is 0 Å². The van der Waals surface area contributed by atoms with E-state index in [2.05, 4.69) is 5.32 Å². The number of carbonyl (C=O) groups is 1. The second kappa shape index (κ2) is 6.12. The second-order valence-electron chi connectivity index (χ2n) is 4.38. The number of hydrogen-bond donors (Lipinski definition) is 2. The summed E-state index contributed by atoms with van der Waals surface area (Å²) in [4.78, 5) is 14.0. The number of nitrogens with one attached hydrogen (secondary N) is 1. The van der Waals surface area contributed by atoms with Crippen LogP contribution in [-0.2, 0) is 9.53 Å². The summed E-state index contributed by atoms with van der Waals surface area (Å²) in [6.45, 7) is 4.03. The van der Waals surface area contributed by atoms with E-state index >= 15 is 0 Å². The first-order valence-corrected chi connectivity index (χ1v) is 6.68. The largest absolute Gasteiger partial charge is 0.397 e. The monoisotopic (exact) mass is 283 g/mol. The van der Waals surface area contributed by atoms with Crippen LogP contribution in [0.25, 0.3) is 0 Å². The number of nitrogens with two attached hydrogens (primary N) is 1. The van der Waals surface area contributed by atoms with E-state index in [4.69, 9.17) is 22.1 Å². The average molecular weight is 284 g/mol. The van der Waals surface area contributed by atoms with Crippen LogP contribution < -0.4 is 16.0 Å². The number of ether oxygens (including phenoxy) is 1. The maximum absolute atomic E-state index is 12.1. The zero-order valence-corrected chi connectivity index (χ0v) is 11.6. The highest BCUT2D eigenvalue weighted by Gasteiger charge is 2.30. The molecule has 0 saturated carbocycles. The molecule has 1 saturated heterocycles. The topological polar surface area (TPSA) is 67.6 Å². The lowest BCUT2D eigenvalue weighted by Crippen LogP contribution is -2.54. The van der Waals surface area contributed by atoms with Crippen molar-refractivity contribution in [3.8, 4) is 0 Å². The van der Waals surface area contributed by atoms with Crippen LogP contribution in [0.4, 0.5) is 11.4 Å². The van der Waals surface area contributed by atoms with E-state index in [1.807, 2.05) is 11.8 Å². The van der Waals surface area contributed by atoms with Gasteiger partial charge in [-0.1, -0.05) is 11.6 Å². The molecule has 1 fully saturated rings. The van der Waals surface area contributed by atoms with E-state index in [1.165, 1.54) is 0 Å². The summed E-state index contributed by atoms with van der Waals surface area (Å²) in [5.74, 6) is -0.0541. The lowest BCUT2D eigenvalue weighted by atomic mass is 10.1. The summed E-state index contributed by atoms with van der Waals surface area (Å²) in [7, 11) is 0. The van der Waals surface area contributed by atoms with Crippen LogP contribution in [0.2, 0.25) is 5.02 Å². The smallest absolute Gasteiger partial charge is 0.245 e. The Morgan fingerprint density at radius 1 is 1.63 bits per heavy atom. The molecule has 0 spiro atoms. The predicted molar refractivity (Wildman–Crippen MR) is 76.5 cm³/mol. The summed E-state index contributed by atoms with van der Waals surface area (Å²) in [6.07, 6.45) is 0. The van der Waals surface area contributed by atoms with Gasteiger partial charge in [-0.2, -0.15) is 0 Å². The Morgan fingerprint density at radius 2 is 2.42 bits per heavy atom. The molecular weight excluding hydrogens is 266 g/mol. The molecule has 1 heterocycles. The SMILES string of the molecule is CCNC(=O)C1COCCN1c1cc(Cl)ccc1N. The molecule has 1 aromatic carbocycles. The normalized spacial score (nSPS) is 19.3. The lowest BCUT2D eigenvalue weighted by Gasteiger charge is -2.36. The molecule has 104 valence electrons. The molecule has 1 atom stereocenters. The molecule has 0 aliphatic carbocycles.